The second kappa shape index (κ2) is 13.3. The van der Waals surface area contributed by atoms with Crippen molar-refractivity contribution in [2.24, 2.45) is 5.92 Å². The first-order valence-electron chi connectivity index (χ1n) is 15.1. The van der Waals surface area contributed by atoms with E-state index in [1.807, 2.05) is 67.3 Å². The number of ether oxygens (including phenoxy) is 1. The Morgan fingerprint density at radius 2 is 1.62 bits per heavy atom. The Labute approximate surface area is 266 Å². The molecule has 8 heteroatoms. The number of methoxy groups -OCH3 is 1. The fourth-order valence-corrected chi connectivity index (χ4v) is 7.52. The first-order chi connectivity index (χ1) is 21.4. The minimum Gasteiger partial charge on any atom is -0.495 e. The van der Waals surface area contributed by atoms with E-state index in [2.05, 4.69) is 0 Å². The Balaban J connectivity index is 1.32. The van der Waals surface area contributed by atoms with Gasteiger partial charge in [0.05, 0.1) is 12.9 Å². The smallest absolute Gasteiger partial charge is 0.254 e. The molecule has 0 saturated carbocycles. The van der Waals surface area contributed by atoms with Crippen LogP contribution in [0.2, 0.25) is 0 Å². The molecule has 1 saturated heterocycles. The number of hydrogen-bond acceptors (Lipinski definition) is 5. The number of sulfone groups is 1. The van der Waals surface area contributed by atoms with Gasteiger partial charge < -0.3 is 14.5 Å². The van der Waals surface area contributed by atoms with Crippen molar-refractivity contribution in [3.8, 4) is 16.9 Å². The van der Waals surface area contributed by atoms with Gasteiger partial charge in [0.25, 0.3) is 11.8 Å². The van der Waals surface area contributed by atoms with E-state index in [1.165, 1.54) is 12.0 Å². The fourth-order valence-electron chi connectivity index (χ4n) is 5.99. The van der Waals surface area contributed by atoms with Crippen molar-refractivity contribution in [3.05, 3.63) is 118 Å². The number of likely N-dealkylation sites (tertiary alicyclic amines) is 1. The number of carbonyl (C=O) groups excluding carboxylic acids is 2. The lowest BCUT2D eigenvalue weighted by Gasteiger charge is -2.18. The first-order valence-corrected chi connectivity index (χ1v) is 16.8. The van der Waals surface area contributed by atoms with E-state index < -0.39 is 9.84 Å². The molecule has 4 aromatic carbocycles. The number of aryl methyl sites for hydroxylation is 2. The molecule has 1 heterocycles. The van der Waals surface area contributed by atoms with Gasteiger partial charge in [-0.25, -0.2) is 8.42 Å². The molecular formula is C37H40N2O5S. The quantitative estimate of drug-likeness (QED) is 0.217. The highest BCUT2D eigenvalue weighted by molar-refractivity contribution is 7.90. The van der Waals surface area contributed by atoms with E-state index in [0.717, 1.165) is 40.7 Å². The number of rotatable bonds is 9. The van der Waals surface area contributed by atoms with Crippen LogP contribution in [0.25, 0.3) is 11.1 Å². The minimum atomic E-state index is -3.78. The van der Waals surface area contributed by atoms with Gasteiger partial charge in [-0.15, -0.1) is 0 Å². The van der Waals surface area contributed by atoms with Crippen molar-refractivity contribution < 1.29 is 22.7 Å². The zero-order valence-corrected chi connectivity index (χ0v) is 27.4. The number of nitrogens with zero attached hydrogens (tertiary/aromatic N) is 2. The second-order valence-corrected chi connectivity index (χ2v) is 14.1. The number of hydrogen-bond donors (Lipinski definition) is 0. The summed E-state index contributed by atoms with van der Waals surface area (Å²) in [5.41, 5.74) is 6.51. The summed E-state index contributed by atoms with van der Waals surface area (Å²) < 4.78 is 33.1. The summed E-state index contributed by atoms with van der Waals surface area (Å²) in [6.45, 7) is 5.36. The lowest BCUT2D eigenvalue weighted by Crippen LogP contribution is -2.29. The van der Waals surface area contributed by atoms with Gasteiger partial charge in [0.15, 0.2) is 9.84 Å². The molecule has 7 nitrogen and oxygen atoms in total. The summed E-state index contributed by atoms with van der Waals surface area (Å²) in [5, 5.41) is 0. The van der Waals surface area contributed by atoms with Gasteiger partial charge in [0.2, 0.25) is 0 Å². The third-order valence-corrected chi connectivity index (χ3v) is 10.1. The molecule has 2 amide bonds. The number of amides is 2. The van der Waals surface area contributed by atoms with Gasteiger partial charge >= 0.3 is 0 Å². The Morgan fingerprint density at radius 3 is 2.38 bits per heavy atom. The monoisotopic (exact) mass is 624 g/mol. The van der Waals surface area contributed by atoms with Crippen LogP contribution < -0.4 is 4.74 Å². The van der Waals surface area contributed by atoms with Crippen molar-refractivity contribution in [2.45, 2.75) is 37.3 Å². The van der Waals surface area contributed by atoms with Gasteiger partial charge in [-0.3, -0.25) is 9.59 Å². The molecule has 1 fully saturated rings. The normalized spacial score (nSPS) is 14.8. The average Bonchev–Trinajstić information content (AvgIpc) is 3.49. The van der Waals surface area contributed by atoms with Crippen LogP contribution in [0.1, 0.15) is 49.4 Å². The van der Waals surface area contributed by atoms with Gasteiger partial charge in [0, 0.05) is 38.3 Å². The molecule has 45 heavy (non-hydrogen) atoms. The predicted octanol–water partition coefficient (Wildman–Crippen LogP) is 6.36. The zero-order chi connectivity index (χ0) is 32.3. The molecule has 0 aliphatic carbocycles. The Morgan fingerprint density at radius 1 is 0.889 bits per heavy atom. The van der Waals surface area contributed by atoms with Gasteiger partial charge in [-0.1, -0.05) is 60.2 Å². The number of benzene rings is 4. The summed E-state index contributed by atoms with van der Waals surface area (Å²) in [4.78, 5) is 29.3. The first kappa shape index (κ1) is 32.0. The maximum atomic E-state index is 13.8. The highest BCUT2D eigenvalue weighted by atomic mass is 32.2. The van der Waals surface area contributed by atoms with Crippen LogP contribution in [-0.2, 0) is 22.0 Å². The molecule has 1 aliphatic rings. The van der Waals surface area contributed by atoms with E-state index >= 15 is 0 Å². The van der Waals surface area contributed by atoms with Crippen LogP contribution in [0, 0.1) is 19.8 Å². The highest BCUT2D eigenvalue weighted by Crippen LogP contribution is 2.33. The molecule has 0 N–H and O–H groups in total. The molecule has 1 aliphatic heterocycles. The average molecular weight is 625 g/mol. The maximum Gasteiger partial charge on any atom is 0.254 e. The fraction of sp³-hybridized carbons (Fsp3) is 0.297. The SMILES string of the molecule is COc1ccc(-c2cccc(C(=O)N(C)C)c2)cc1S(=O)(=O)Cc1cccc(C[C@@H]2CCN(C(=O)c3cc(C)ccc3C)C2)c1. The van der Waals surface area contributed by atoms with Crippen molar-refractivity contribution in [2.75, 3.05) is 34.3 Å². The molecule has 5 rings (SSSR count). The van der Waals surface area contributed by atoms with E-state index in [-0.39, 0.29) is 28.2 Å². The lowest BCUT2D eigenvalue weighted by atomic mass is 9.97. The summed E-state index contributed by atoms with van der Waals surface area (Å²) in [6.07, 6.45) is 1.68. The molecular weight excluding hydrogens is 584 g/mol. The van der Waals surface area contributed by atoms with Crippen LogP contribution in [0.3, 0.4) is 0 Å². The van der Waals surface area contributed by atoms with Crippen LogP contribution in [0.5, 0.6) is 5.75 Å². The van der Waals surface area contributed by atoms with Gasteiger partial charge in [-0.2, -0.15) is 0 Å². The van der Waals surface area contributed by atoms with Gasteiger partial charge in [-0.05, 0) is 90.8 Å². The molecule has 0 radical (unpaired) electrons. The second-order valence-electron chi connectivity index (χ2n) is 12.2. The third-order valence-electron chi connectivity index (χ3n) is 8.42. The van der Waals surface area contributed by atoms with E-state index in [1.54, 1.807) is 50.5 Å². The Kier molecular flexibility index (Phi) is 9.44. The lowest BCUT2D eigenvalue weighted by molar-refractivity contribution is 0.0785. The van der Waals surface area contributed by atoms with E-state index in [0.29, 0.717) is 35.7 Å². The molecule has 234 valence electrons. The topological polar surface area (TPSA) is 84.0 Å². The van der Waals surface area contributed by atoms with Crippen LogP contribution in [-0.4, -0.2) is 64.3 Å². The molecule has 4 aromatic rings. The summed E-state index contributed by atoms with van der Waals surface area (Å²) >= 11 is 0. The van der Waals surface area contributed by atoms with Crippen LogP contribution >= 0.6 is 0 Å². The summed E-state index contributed by atoms with van der Waals surface area (Å²) in [7, 11) is 1.06. The summed E-state index contributed by atoms with van der Waals surface area (Å²) in [5.74, 6) is 0.344. The van der Waals surface area contributed by atoms with Crippen molar-refractivity contribution in [1.29, 1.82) is 0 Å². The van der Waals surface area contributed by atoms with Crippen molar-refractivity contribution >= 4 is 21.7 Å². The Bertz CT molecular complexity index is 1850. The molecule has 0 unspecified atom stereocenters. The van der Waals surface area contributed by atoms with Crippen LogP contribution in [0.4, 0.5) is 0 Å². The standard InChI is InChI=1S/C37H40N2O5S/c1-25-12-13-26(2)33(18-25)37(41)39-17-16-28(23-39)19-27-8-6-9-29(20-27)24-45(42,43)35-22-31(14-15-34(35)44-5)30-10-7-11-32(21-30)36(40)38(3)4/h6-15,18,20-22,28H,16-17,19,23-24H2,1-5H3/t28-/m0/s1. The highest BCUT2D eigenvalue weighted by Gasteiger charge is 2.28. The van der Waals surface area contributed by atoms with E-state index in [4.69, 9.17) is 4.74 Å². The molecule has 0 bridgehead atoms. The van der Waals surface area contributed by atoms with Crippen molar-refractivity contribution in [3.63, 3.8) is 0 Å². The molecule has 0 aromatic heterocycles. The predicted molar refractivity (Wildman–Crippen MR) is 177 cm³/mol. The third kappa shape index (κ3) is 7.28. The van der Waals surface area contributed by atoms with Crippen molar-refractivity contribution in [1.82, 2.24) is 9.80 Å². The largest absolute Gasteiger partial charge is 0.495 e. The maximum absolute atomic E-state index is 13.8. The van der Waals surface area contributed by atoms with Gasteiger partial charge in [0.1, 0.15) is 10.6 Å². The number of carbonyl (C=O) groups is 2. The Hall–Kier alpha value is -4.43. The molecule has 1 atom stereocenters. The zero-order valence-electron chi connectivity index (χ0n) is 26.5. The van der Waals surface area contributed by atoms with E-state index in [9.17, 15) is 18.0 Å². The summed E-state index contributed by atoms with van der Waals surface area (Å²) in [6, 6.07) is 25.9. The van der Waals surface area contributed by atoms with Crippen LogP contribution in [0.15, 0.2) is 89.8 Å². The minimum absolute atomic E-state index is 0.0748. The molecule has 0 spiro atoms.